The molecule has 1 aliphatic carbocycles. The van der Waals surface area contributed by atoms with Gasteiger partial charge in [-0.25, -0.2) is 13.2 Å². The first-order valence-corrected chi connectivity index (χ1v) is 6.24. The van der Waals surface area contributed by atoms with E-state index in [2.05, 4.69) is 10.6 Å². The van der Waals surface area contributed by atoms with Crippen molar-refractivity contribution in [2.24, 2.45) is 0 Å². The van der Waals surface area contributed by atoms with Gasteiger partial charge in [-0.05, 0) is 12.8 Å². The summed E-state index contributed by atoms with van der Waals surface area (Å²) in [6, 6.07) is 1.35. The lowest BCUT2D eigenvalue weighted by molar-refractivity contribution is -0.115. The summed E-state index contributed by atoms with van der Waals surface area (Å²) in [5, 5.41) is 5.13. The van der Waals surface area contributed by atoms with Crippen LogP contribution < -0.4 is 10.6 Å². The Morgan fingerprint density at radius 3 is 2.32 bits per heavy atom. The maximum Gasteiger partial charge on any atom is 0.238 e. The van der Waals surface area contributed by atoms with E-state index in [1.165, 1.54) is 0 Å². The number of amides is 1. The summed E-state index contributed by atoms with van der Waals surface area (Å²) < 4.78 is 39.3. The third-order valence-corrected chi connectivity index (χ3v) is 3.18. The van der Waals surface area contributed by atoms with Crippen LogP contribution in [0.2, 0.25) is 0 Å². The Morgan fingerprint density at radius 2 is 1.74 bits per heavy atom. The molecule has 104 valence electrons. The summed E-state index contributed by atoms with van der Waals surface area (Å²) >= 11 is 0. The number of hydrogen-bond acceptors (Lipinski definition) is 2. The normalized spacial score (nSPS) is 15.7. The Hall–Kier alpha value is -1.56. The first kappa shape index (κ1) is 13.9. The average Bonchev–Trinajstić information content (AvgIpc) is 2.84. The van der Waals surface area contributed by atoms with Gasteiger partial charge in [-0.1, -0.05) is 12.8 Å². The van der Waals surface area contributed by atoms with E-state index in [0.717, 1.165) is 25.7 Å². The van der Waals surface area contributed by atoms with Crippen molar-refractivity contribution in [3.8, 4) is 0 Å². The van der Waals surface area contributed by atoms with Gasteiger partial charge in [0, 0.05) is 18.2 Å². The monoisotopic (exact) mass is 272 g/mol. The van der Waals surface area contributed by atoms with Crippen LogP contribution in [0, 0.1) is 17.5 Å². The minimum absolute atomic E-state index is 0.0130. The second-order valence-electron chi connectivity index (χ2n) is 4.65. The third-order valence-electron chi connectivity index (χ3n) is 3.18. The van der Waals surface area contributed by atoms with Gasteiger partial charge in [0.2, 0.25) is 5.91 Å². The third kappa shape index (κ3) is 3.70. The molecule has 0 aliphatic heterocycles. The van der Waals surface area contributed by atoms with Crippen molar-refractivity contribution in [3.63, 3.8) is 0 Å². The molecule has 2 N–H and O–H groups in total. The molecule has 0 atom stereocenters. The lowest BCUT2D eigenvalue weighted by Crippen LogP contribution is -2.34. The van der Waals surface area contributed by atoms with E-state index in [1.807, 2.05) is 0 Å². The van der Waals surface area contributed by atoms with Crippen molar-refractivity contribution in [2.45, 2.75) is 31.7 Å². The minimum Gasteiger partial charge on any atom is -0.320 e. The summed E-state index contributed by atoms with van der Waals surface area (Å²) in [5.74, 6) is -3.80. The Kier molecular flexibility index (Phi) is 4.42. The molecule has 1 fully saturated rings. The lowest BCUT2D eigenvalue weighted by Gasteiger charge is -2.12. The van der Waals surface area contributed by atoms with Crippen LogP contribution in [-0.2, 0) is 4.79 Å². The van der Waals surface area contributed by atoms with Gasteiger partial charge in [0.1, 0.15) is 11.5 Å². The summed E-state index contributed by atoms with van der Waals surface area (Å²) in [6.07, 6.45) is 4.26. The molecule has 19 heavy (non-hydrogen) atoms. The number of carbonyl (C=O) groups is 1. The largest absolute Gasteiger partial charge is 0.320 e. The number of carbonyl (C=O) groups excluding carboxylic acids is 1. The highest BCUT2D eigenvalue weighted by atomic mass is 19.1. The first-order valence-electron chi connectivity index (χ1n) is 6.24. The Morgan fingerprint density at radius 1 is 1.16 bits per heavy atom. The maximum absolute atomic E-state index is 13.3. The SMILES string of the molecule is O=C(CNC1CCCC1)Nc1c(F)cc(F)cc1F. The highest BCUT2D eigenvalue weighted by molar-refractivity contribution is 5.92. The molecule has 6 heteroatoms. The number of rotatable bonds is 4. The van der Waals surface area contributed by atoms with E-state index in [4.69, 9.17) is 0 Å². The van der Waals surface area contributed by atoms with Crippen molar-refractivity contribution < 1.29 is 18.0 Å². The summed E-state index contributed by atoms with van der Waals surface area (Å²) in [4.78, 5) is 11.6. The van der Waals surface area contributed by atoms with E-state index < -0.39 is 29.0 Å². The molecule has 1 aromatic rings. The molecule has 1 aromatic carbocycles. The van der Waals surface area contributed by atoms with Gasteiger partial charge in [-0.3, -0.25) is 4.79 Å². The van der Waals surface area contributed by atoms with E-state index >= 15 is 0 Å². The molecular formula is C13H15F3N2O. The fourth-order valence-electron chi connectivity index (χ4n) is 2.21. The van der Waals surface area contributed by atoms with Gasteiger partial charge in [0.25, 0.3) is 0 Å². The highest BCUT2D eigenvalue weighted by Gasteiger charge is 2.17. The molecule has 0 radical (unpaired) electrons. The molecule has 1 amide bonds. The topological polar surface area (TPSA) is 41.1 Å². The number of benzene rings is 1. The molecule has 0 unspecified atom stereocenters. The van der Waals surface area contributed by atoms with Gasteiger partial charge < -0.3 is 10.6 Å². The van der Waals surface area contributed by atoms with Crippen molar-refractivity contribution in [1.29, 1.82) is 0 Å². The Bertz CT molecular complexity index is 450. The van der Waals surface area contributed by atoms with Crippen LogP contribution >= 0.6 is 0 Å². The number of nitrogens with one attached hydrogen (secondary N) is 2. The average molecular weight is 272 g/mol. The van der Waals surface area contributed by atoms with Crippen LogP contribution in [0.15, 0.2) is 12.1 Å². The van der Waals surface area contributed by atoms with Gasteiger partial charge in [-0.15, -0.1) is 0 Å². The lowest BCUT2D eigenvalue weighted by atomic mass is 10.2. The van der Waals surface area contributed by atoms with E-state index in [-0.39, 0.29) is 12.6 Å². The molecule has 0 saturated heterocycles. The van der Waals surface area contributed by atoms with Crippen molar-refractivity contribution in [2.75, 3.05) is 11.9 Å². The number of halogens is 3. The summed E-state index contributed by atoms with van der Waals surface area (Å²) in [7, 11) is 0. The fraction of sp³-hybridized carbons (Fsp3) is 0.462. The fourth-order valence-corrected chi connectivity index (χ4v) is 2.21. The zero-order chi connectivity index (χ0) is 13.8. The first-order chi connectivity index (χ1) is 9.06. The molecule has 0 aromatic heterocycles. The van der Waals surface area contributed by atoms with Crippen LogP contribution in [0.5, 0.6) is 0 Å². The van der Waals surface area contributed by atoms with Crippen molar-refractivity contribution in [1.82, 2.24) is 5.32 Å². The Labute approximate surface area is 109 Å². The van der Waals surface area contributed by atoms with Crippen LogP contribution in [0.1, 0.15) is 25.7 Å². The Balaban J connectivity index is 1.91. The maximum atomic E-state index is 13.3. The van der Waals surface area contributed by atoms with Crippen LogP contribution in [0.4, 0.5) is 18.9 Å². The molecule has 0 bridgehead atoms. The zero-order valence-electron chi connectivity index (χ0n) is 10.3. The summed E-state index contributed by atoms with van der Waals surface area (Å²) in [6.45, 7) is -0.0130. The van der Waals surface area contributed by atoms with E-state index in [9.17, 15) is 18.0 Å². The molecule has 1 saturated carbocycles. The number of hydrogen-bond donors (Lipinski definition) is 2. The predicted molar refractivity (Wildman–Crippen MR) is 65.2 cm³/mol. The van der Waals surface area contributed by atoms with E-state index in [1.54, 1.807) is 0 Å². The standard InChI is InChI=1S/C13H15F3N2O/c14-8-5-10(15)13(11(16)6-8)18-12(19)7-17-9-3-1-2-4-9/h5-6,9,17H,1-4,7H2,(H,18,19). The van der Waals surface area contributed by atoms with Gasteiger partial charge >= 0.3 is 0 Å². The second-order valence-corrected chi connectivity index (χ2v) is 4.65. The smallest absolute Gasteiger partial charge is 0.238 e. The molecule has 0 spiro atoms. The molecular weight excluding hydrogens is 257 g/mol. The zero-order valence-corrected chi connectivity index (χ0v) is 10.3. The molecule has 3 nitrogen and oxygen atoms in total. The quantitative estimate of drug-likeness (QED) is 0.884. The summed E-state index contributed by atoms with van der Waals surface area (Å²) in [5.41, 5.74) is -0.611. The van der Waals surface area contributed by atoms with Crippen molar-refractivity contribution >= 4 is 11.6 Å². The van der Waals surface area contributed by atoms with Crippen molar-refractivity contribution in [3.05, 3.63) is 29.6 Å². The van der Waals surface area contributed by atoms with Gasteiger partial charge in [-0.2, -0.15) is 0 Å². The molecule has 1 aliphatic rings. The highest BCUT2D eigenvalue weighted by Crippen LogP contribution is 2.20. The minimum atomic E-state index is -1.12. The predicted octanol–water partition coefficient (Wildman–Crippen LogP) is 2.57. The van der Waals surface area contributed by atoms with E-state index in [0.29, 0.717) is 12.1 Å². The van der Waals surface area contributed by atoms with Gasteiger partial charge in [0.05, 0.1) is 6.54 Å². The molecule has 0 heterocycles. The van der Waals surface area contributed by atoms with Crippen LogP contribution in [-0.4, -0.2) is 18.5 Å². The van der Waals surface area contributed by atoms with Crippen LogP contribution in [0.3, 0.4) is 0 Å². The molecule has 2 rings (SSSR count). The van der Waals surface area contributed by atoms with Crippen LogP contribution in [0.25, 0.3) is 0 Å². The second kappa shape index (κ2) is 6.06. The van der Waals surface area contributed by atoms with Gasteiger partial charge in [0.15, 0.2) is 11.6 Å². The number of anilines is 1.